The van der Waals surface area contributed by atoms with Crippen LogP contribution in [-0.2, 0) is 0 Å². The highest BCUT2D eigenvalue weighted by molar-refractivity contribution is 5.93. The molecule has 1 amide bonds. The fourth-order valence-electron chi connectivity index (χ4n) is 3.39. The summed E-state index contributed by atoms with van der Waals surface area (Å²) in [5, 5.41) is 3.61. The van der Waals surface area contributed by atoms with Crippen LogP contribution in [0.1, 0.15) is 48.9 Å². The molecule has 1 aromatic carbocycles. The summed E-state index contributed by atoms with van der Waals surface area (Å²) in [4.78, 5) is 15.4. The molecule has 1 saturated carbocycles. The second-order valence-corrected chi connectivity index (χ2v) is 6.84. The van der Waals surface area contributed by atoms with Gasteiger partial charge in [0.1, 0.15) is 12.4 Å². The van der Waals surface area contributed by atoms with Gasteiger partial charge in [-0.3, -0.25) is 9.78 Å². The van der Waals surface area contributed by atoms with Crippen molar-refractivity contribution < 1.29 is 9.53 Å². The van der Waals surface area contributed by atoms with Crippen molar-refractivity contribution in [2.45, 2.75) is 44.6 Å². The first-order valence-electron chi connectivity index (χ1n) is 9.44. The number of primary amides is 1. The molecular formula is C21H27N3O2. The third-order valence-electron chi connectivity index (χ3n) is 4.87. The van der Waals surface area contributed by atoms with Crippen molar-refractivity contribution in [2.24, 2.45) is 5.73 Å². The molecule has 3 rings (SSSR count). The maximum Gasteiger partial charge on any atom is 0.250 e. The minimum atomic E-state index is -0.472. The predicted molar refractivity (Wildman–Crippen MR) is 103 cm³/mol. The number of nitrogens with zero attached hydrogens (tertiary/aromatic N) is 1. The van der Waals surface area contributed by atoms with E-state index < -0.39 is 5.91 Å². The van der Waals surface area contributed by atoms with Gasteiger partial charge in [0.2, 0.25) is 5.91 Å². The van der Waals surface area contributed by atoms with Gasteiger partial charge in [0.05, 0.1) is 5.56 Å². The maximum atomic E-state index is 11.3. The molecule has 5 heteroatoms. The Morgan fingerprint density at radius 2 is 1.81 bits per heavy atom. The SMILES string of the molecule is NC(=O)c1cncc(-c2ccc(OCCNC3CCCCCC3)cc2)c1. The topological polar surface area (TPSA) is 77.2 Å². The maximum absolute atomic E-state index is 11.3. The summed E-state index contributed by atoms with van der Waals surface area (Å²) in [5.74, 6) is 0.371. The molecule has 0 radical (unpaired) electrons. The number of carbonyl (C=O) groups excluding carboxylic acids is 1. The lowest BCUT2D eigenvalue weighted by Gasteiger charge is -2.16. The molecule has 1 heterocycles. The van der Waals surface area contributed by atoms with E-state index in [1.54, 1.807) is 12.3 Å². The summed E-state index contributed by atoms with van der Waals surface area (Å²) in [7, 11) is 0. The van der Waals surface area contributed by atoms with Gasteiger partial charge >= 0.3 is 0 Å². The van der Waals surface area contributed by atoms with E-state index in [1.807, 2.05) is 24.3 Å². The molecule has 138 valence electrons. The third-order valence-corrected chi connectivity index (χ3v) is 4.87. The molecule has 1 aliphatic carbocycles. The van der Waals surface area contributed by atoms with Gasteiger partial charge in [0, 0.05) is 30.5 Å². The second-order valence-electron chi connectivity index (χ2n) is 6.84. The minimum absolute atomic E-state index is 0.410. The van der Waals surface area contributed by atoms with Crippen molar-refractivity contribution in [3.63, 3.8) is 0 Å². The predicted octanol–water partition coefficient (Wildman–Crippen LogP) is 3.54. The smallest absolute Gasteiger partial charge is 0.250 e. The molecule has 26 heavy (non-hydrogen) atoms. The van der Waals surface area contributed by atoms with Crippen molar-refractivity contribution in [3.05, 3.63) is 48.3 Å². The number of nitrogens with one attached hydrogen (secondary N) is 1. The Morgan fingerprint density at radius 1 is 1.08 bits per heavy atom. The number of aromatic nitrogens is 1. The van der Waals surface area contributed by atoms with Gasteiger partial charge in [-0.2, -0.15) is 0 Å². The molecule has 0 bridgehead atoms. The zero-order valence-electron chi connectivity index (χ0n) is 15.1. The Bertz CT molecular complexity index is 707. The molecular weight excluding hydrogens is 326 g/mol. The average molecular weight is 353 g/mol. The number of pyridine rings is 1. The van der Waals surface area contributed by atoms with E-state index in [2.05, 4.69) is 10.3 Å². The quantitative estimate of drug-likeness (QED) is 0.589. The molecule has 0 unspecified atom stereocenters. The van der Waals surface area contributed by atoms with Crippen LogP contribution in [0, 0.1) is 0 Å². The van der Waals surface area contributed by atoms with Gasteiger partial charge in [-0.05, 0) is 36.6 Å². The largest absolute Gasteiger partial charge is 0.492 e. The zero-order chi connectivity index (χ0) is 18.2. The number of amides is 1. The van der Waals surface area contributed by atoms with Gasteiger partial charge in [-0.1, -0.05) is 37.8 Å². The molecule has 0 aliphatic heterocycles. The molecule has 3 N–H and O–H groups in total. The number of hydrogen-bond donors (Lipinski definition) is 2. The van der Waals surface area contributed by atoms with Gasteiger partial charge < -0.3 is 15.8 Å². The van der Waals surface area contributed by atoms with E-state index in [-0.39, 0.29) is 0 Å². The summed E-state index contributed by atoms with van der Waals surface area (Å²) >= 11 is 0. The van der Waals surface area contributed by atoms with Crippen molar-refractivity contribution in [3.8, 4) is 16.9 Å². The molecule has 1 aliphatic rings. The summed E-state index contributed by atoms with van der Waals surface area (Å²) < 4.78 is 5.83. The minimum Gasteiger partial charge on any atom is -0.492 e. The Morgan fingerprint density at radius 3 is 2.50 bits per heavy atom. The summed E-state index contributed by atoms with van der Waals surface area (Å²) in [6.07, 6.45) is 11.2. The number of carbonyl (C=O) groups is 1. The van der Waals surface area contributed by atoms with Crippen molar-refractivity contribution in [1.29, 1.82) is 0 Å². The lowest BCUT2D eigenvalue weighted by atomic mass is 10.1. The van der Waals surface area contributed by atoms with E-state index in [4.69, 9.17) is 10.5 Å². The normalized spacial score (nSPS) is 15.4. The van der Waals surface area contributed by atoms with Crippen LogP contribution >= 0.6 is 0 Å². The monoisotopic (exact) mass is 353 g/mol. The first-order chi connectivity index (χ1) is 12.7. The first kappa shape index (κ1) is 18.4. The highest BCUT2D eigenvalue weighted by atomic mass is 16.5. The summed E-state index contributed by atoms with van der Waals surface area (Å²) in [6, 6.07) is 10.2. The van der Waals surface area contributed by atoms with Crippen LogP contribution in [0.5, 0.6) is 5.75 Å². The summed E-state index contributed by atoms with van der Waals surface area (Å²) in [6.45, 7) is 1.53. The molecule has 5 nitrogen and oxygen atoms in total. The number of hydrogen-bond acceptors (Lipinski definition) is 4. The average Bonchev–Trinajstić information content (AvgIpc) is 2.95. The Kier molecular flexibility index (Phi) is 6.61. The lowest BCUT2D eigenvalue weighted by Crippen LogP contribution is -2.32. The van der Waals surface area contributed by atoms with Crippen LogP contribution in [0.15, 0.2) is 42.7 Å². The van der Waals surface area contributed by atoms with Crippen molar-refractivity contribution in [2.75, 3.05) is 13.2 Å². The highest BCUT2D eigenvalue weighted by Crippen LogP contribution is 2.22. The van der Waals surface area contributed by atoms with E-state index in [1.165, 1.54) is 44.7 Å². The van der Waals surface area contributed by atoms with Gasteiger partial charge in [-0.25, -0.2) is 0 Å². The first-order valence-corrected chi connectivity index (χ1v) is 9.44. The molecule has 1 aromatic heterocycles. The Hall–Kier alpha value is -2.40. The number of nitrogens with two attached hydrogens (primary N) is 1. The summed E-state index contributed by atoms with van der Waals surface area (Å²) in [5.41, 5.74) is 7.56. The second kappa shape index (κ2) is 9.34. The van der Waals surface area contributed by atoms with Gasteiger partial charge in [0.25, 0.3) is 0 Å². The van der Waals surface area contributed by atoms with Crippen LogP contribution in [0.2, 0.25) is 0 Å². The van der Waals surface area contributed by atoms with Gasteiger partial charge in [-0.15, -0.1) is 0 Å². The molecule has 0 saturated heterocycles. The van der Waals surface area contributed by atoms with Crippen molar-refractivity contribution in [1.82, 2.24) is 10.3 Å². The van der Waals surface area contributed by atoms with E-state index in [0.29, 0.717) is 18.2 Å². The number of rotatable bonds is 7. The highest BCUT2D eigenvalue weighted by Gasteiger charge is 2.11. The molecule has 0 atom stereocenters. The third kappa shape index (κ3) is 5.30. The Labute approximate surface area is 155 Å². The van der Waals surface area contributed by atoms with Gasteiger partial charge in [0.15, 0.2) is 0 Å². The number of ether oxygens (including phenoxy) is 1. The number of benzene rings is 1. The van der Waals surface area contributed by atoms with Crippen LogP contribution in [0.3, 0.4) is 0 Å². The standard InChI is InChI=1S/C21H27N3O2/c22-21(25)18-13-17(14-23-15-18)16-7-9-20(10-8-16)26-12-11-24-19-5-3-1-2-4-6-19/h7-10,13-15,19,24H,1-6,11-12H2,(H2,22,25). The molecule has 2 aromatic rings. The van der Waals surface area contributed by atoms with Crippen LogP contribution in [0.4, 0.5) is 0 Å². The van der Waals surface area contributed by atoms with Crippen LogP contribution in [0.25, 0.3) is 11.1 Å². The molecule has 1 fully saturated rings. The fourth-order valence-corrected chi connectivity index (χ4v) is 3.39. The lowest BCUT2D eigenvalue weighted by molar-refractivity contribution is 0.1000. The zero-order valence-corrected chi connectivity index (χ0v) is 15.1. The van der Waals surface area contributed by atoms with E-state index in [9.17, 15) is 4.79 Å². The van der Waals surface area contributed by atoms with Crippen LogP contribution in [-0.4, -0.2) is 30.1 Å². The van der Waals surface area contributed by atoms with Crippen molar-refractivity contribution >= 4 is 5.91 Å². The Balaban J connectivity index is 1.48. The van der Waals surface area contributed by atoms with Crippen LogP contribution < -0.4 is 15.8 Å². The fraction of sp³-hybridized carbons (Fsp3) is 0.429. The van der Waals surface area contributed by atoms with E-state index >= 15 is 0 Å². The van der Waals surface area contributed by atoms with E-state index in [0.717, 1.165) is 23.4 Å². The molecule has 0 spiro atoms.